The average Bonchev–Trinajstić information content (AvgIpc) is 3.36. The summed E-state index contributed by atoms with van der Waals surface area (Å²) in [6.07, 6.45) is 1.85. The Morgan fingerprint density at radius 2 is 1.90 bits per heavy atom. The topological polar surface area (TPSA) is 59.8 Å². The summed E-state index contributed by atoms with van der Waals surface area (Å²) in [6, 6.07) is 12.5. The van der Waals surface area contributed by atoms with Crippen molar-refractivity contribution in [3.63, 3.8) is 0 Å². The molecule has 3 aromatic rings. The van der Waals surface area contributed by atoms with Crippen LogP contribution in [0, 0.1) is 0 Å². The second-order valence-corrected chi connectivity index (χ2v) is 9.07. The van der Waals surface area contributed by atoms with Gasteiger partial charge in [0.2, 0.25) is 5.76 Å². The van der Waals surface area contributed by atoms with Gasteiger partial charge >= 0.3 is 0 Å². The first-order chi connectivity index (χ1) is 14.9. The van der Waals surface area contributed by atoms with Gasteiger partial charge in [0.15, 0.2) is 5.43 Å². The number of ether oxygens (including phenoxy) is 1. The monoisotopic (exact) mass is 437 g/mol. The number of nitrogens with zero attached hydrogens (tertiary/aromatic N) is 1. The fourth-order valence-electron chi connectivity index (χ4n) is 4.60. The van der Waals surface area contributed by atoms with Gasteiger partial charge in [0.1, 0.15) is 5.58 Å². The van der Waals surface area contributed by atoms with E-state index >= 15 is 0 Å². The van der Waals surface area contributed by atoms with Gasteiger partial charge in [-0.15, -0.1) is 0 Å². The van der Waals surface area contributed by atoms with E-state index in [1.54, 1.807) is 23.1 Å². The second-order valence-electron chi connectivity index (χ2n) is 8.63. The number of hydrogen-bond donors (Lipinski definition) is 0. The van der Waals surface area contributed by atoms with Gasteiger partial charge in [0.25, 0.3) is 5.91 Å². The molecule has 6 heteroatoms. The molecule has 1 fully saturated rings. The van der Waals surface area contributed by atoms with Crippen LogP contribution in [-0.4, -0.2) is 30.1 Å². The van der Waals surface area contributed by atoms with Crippen LogP contribution in [0.4, 0.5) is 0 Å². The molecule has 0 radical (unpaired) electrons. The highest BCUT2D eigenvalue weighted by Crippen LogP contribution is 2.39. The molecule has 5 rings (SSSR count). The zero-order chi connectivity index (χ0) is 21.7. The van der Waals surface area contributed by atoms with Crippen molar-refractivity contribution < 1.29 is 13.9 Å². The second kappa shape index (κ2) is 7.81. The SMILES string of the molecule is CC(C)c1ccc([C@H]2c3c(oc4ccc(Cl)cc4c3=O)C(=O)N2C[C@@H]2CCCO2)cc1. The molecule has 31 heavy (non-hydrogen) atoms. The van der Waals surface area contributed by atoms with Crippen LogP contribution < -0.4 is 5.43 Å². The molecule has 2 atom stereocenters. The van der Waals surface area contributed by atoms with E-state index in [2.05, 4.69) is 26.0 Å². The van der Waals surface area contributed by atoms with Gasteiger partial charge in [-0.3, -0.25) is 9.59 Å². The summed E-state index contributed by atoms with van der Waals surface area (Å²) in [5.74, 6) is 0.249. The van der Waals surface area contributed by atoms with Crippen LogP contribution >= 0.6 is 11.6 Å². The molecule has 3 heterocycles. The molecule has 1 amide bonds. The van der Waals surface area contributed by atoms with Gasteiger partial charge in [-0.2, -0.15) is 0 Å². The van der Waals surface area contributed by atoms with E-state index in [1.165, 1.54) is 5.56 Å². The van der Waals surface area contributed by atoms with Gasteiger partial charge in [-0.1, -0.05) is 49.7 Å². The first-order valence-corrected chi connectivity index (χ1v) is 11.1. The molecule has 5 nitrogen and oxygen atoms in total. The van der Waals surface area contributed by atoms with Gasteiger partial charge in [0, 0.05) is 18.2 Å². The van der Waals surface area contributed by atoms with Crippen LogP contribution in [0.1, 0.15) is 65.9 Å². The number of carbonyl (C=O) groups is 1. The maximum atomic E-state index is 13.5. The highest BCUT2D eigenvalue weighted by molar-refractivity contribution is 6.31. The third kappa shape index (κ3) is 3.46. The number of benzene rings is 2. The molecule has 0 saturated carbocycles. The molecule has 1 saturated heterocycles. The maximum absolute atomic E-state index is 13.5. The predicted molar refractivity (Wildman–Crippen MR) is 120 cm³/mol. The van der Waals surface area contributed by atoms with Crippen molar-refractivity contribution in [2.24, 2.45) is 0 Å². The van der Waals surface area contributed by atoms with Crippen molar-refractivity contribution in [3.05, 3.63) is 80.2 Å². The lowest BCUT2D eigenvalue weighted by molar-refractivity contribution is 0.0486. The van der Waals surface area contributed by atoms with Gasteiger partial charge in [-0.05, 0) is 48.1 Å². The van der Waals surface area contributed by atoms with Crippen molar-refractivity contribution in [1.82, 2.24) is 4.90 Å². The first-order valence-electron chi connectivity index (χ1n) is 10.7. The molecular weight excluding hydrogens is 414 g/mol. The Morgan fingerprint density at radius 1 is 1.13 bits per heavy atom. The minimum Gasteiger partial charge on any atom is -0.450 e. The Hall–Kier alpha value is -2.63. The first kappa shape index (κ1) is 20.3. The Morgan fingerprint density at radius 3 is 2.58 bits per heavy atom. The van der Waals surface area contributed by atoms with Crippen LogP contribution in [0.5, 0.6) is 0 Å². The number of fused-ring (bicyclic) bond motifs is 2. The van der Waals surface area contributed by atoms with Gasteiger partial charge in [-0.25, -0.2) is 0 Å². The zero-order valence-electron chi connectivity index (χ0n) is 17.6. The van der Waals surface area contributed by atoms with E-state index < -0.39 is 6.04 Å². The molecule has 160 valence electrons. The normalized spacial score (nSPS) is 20.8. The lowest BCUT2D eigenvalue weighted by Crippen LogP contribution is -2.36. The van der Waals surface area contributed by atoms with E-state index in [0.717, 1.165) is 18.4 Å². The molecule has 2 aliphatic rings. The smallest absolute Gasteiger partial charge is 0.291 e. The standard InChI is InChI=1S/C25H24ClNO4/c1-14(2)15-5-7-16(8-6-15)22-21-23(28)19-12-17(26)9-10-20(19)31-24(21)25(29)27(22)13-18-4-3-11-30-18/h5-10,12,14,18,22H,3-4,11,13H2,1-2H3/t18-,22-/m0/s1. The van der Waals surface area contributed by atoms with Crippen LogP contribution in [0.15, 0.2) is 51.7 Å². The highest BCUT2D eigenvalue weighted by atomic mass is 35.5. The maximum Gasteiger partial charge on any atom is 0.291 e. The molecule has 2 aliphatic heterocycles. The minimum atomic E-state index is -0.507. The van der Waals surface area contributed by atoms with Crippen molar-refractivity contribution in [3.8, 4) is 0 Å². The summed E-state index contributed by atoms with van der Waals surface area (Å²) in [5, 5.41) is 0.847. The molecule has 1 aromatic heterocycles. The Kier molecular flexibility index (Phi) is 5.11. The van der Waals surface area contributed by atoms with Crippen molar-refractivity contribution >= 4 is 28.5 Å². The number of rotatable bonds is 4. The van der Waals surface area contributed by atoms with Crippen LogP contribution in [0.2, 0.25) is 5.02 Å². The van der Waals surface area contributed by atoms with E-state index in [9.17, 15) is 9.59 Å². The minimum absolute atomic E-state index is 0.0327. The summed E-state index contributed by atoms with van der Waals surface area (Å²) in [7, 11) is 0. The highest BCUT2D eigenvalue weighted by Gasteiger charge is 2.43. The molecule has 2 aromatic carbocycles. The van der Waals surface area contributed by atoms with E-state index in [0.29, 0.717) is 40.6 Å². The van der Waals surface area contributed by atoms with Crippen LogP contribution in [0.3, 0.4) is 0 Å². The summed E-state index contributed by atoms with van der Waals surface area (Å²) in [4.78, 5) is 28.7. The predicted octanol–water partition coefficient (Wildman–Crippen LogP) is 5.29. The molecule has 0 aliphatic carbocycles. The fourth-order valence-corrected chi connectivity index (χ4v) is 4.77. The summed E-state index contributed by atoms with van der Waals surface area (Å²) in [5.41, 5.74) is 2.64. The van der Waals surface area contributed by atoms with Crippen molar-refractivity contribution in [1.29, 1.82) is 0 Å². The third-order valence-corrected chi connectivity index (χ3v) is 6.51. The third-order valence-electron chi connectivity index (χ3n) is 6.27. The summed E-state index contributed by atoms with van der Waals surface area (Å²) >= 11 is 6.14. The fraction of sp³-hybridized carbons (Fsp3) is 0.360. The average molecular weight is 438 g/mol. The van der Waals surface area contributed by atoms with E-state index in [4.69, 9.17) is 20.8 Å². The van der Waals surface area contributed by atoms with Gasteiger partial charge in [0.05, 0.1) is 23.1 Å². The number of amides is 1. The number of carbonyl (C=O) groups excluding carboxylic acids is 1. The van der Waals surface area contributed by atoms with E-state index in [-0.39, 0.29) is 23.2 Å². The molecular formula is C25H24ClNO4. The van der Waals surface area contributed by atoms with Gasteiger partial charge < -0.3 is 14.1 Å². The van der Waals surface area contributed by atoms with Crippen molar-refractivity contribution in [2.45, 2.75) is 44.8 Å². The molecule has 0 unspecified atom stereocenters. The quantitative estimate of drug-likeness (QED) is 0.556. The largest absolute Gasteiger partial charge is 0.450 e. The Balaban J connectivity index is 1.68. The lowest BCUT2D eigenvalue weighted by atomic mass is 9.95. The Labute approximate surface area is 185 Å². The van der Waals surface area contributed by atoms with Crippen LogP contribution in [0.25, 0.3) is 11.0 Å². The van der Waals surface area contributed by atoms with Crippen LogP contribution in [-0.2, 0) is 4.74 Å². The number of halogens is 1. The molecule has 0 bridgehead atoms. The molecule has 0 N–H and O–H groups in total. The van der Waals surface area contributed by atoms with E-state index in [1.807, 2.05) is 12.1 Å². The lowest BCUT2D eigenvalue weighted by Gasteiger charge is -2.27. The zero-order valence-corrected chi connectivity index (χ0v) is 18.3. The Bertz CT molecular complexity index is 1210. The number of hydrogen-bond acceptors (Lipinski definition) is 4. The summed E-state index contributed by atoms with van der Waals surface area (Å²) < 4.78 is 11.8. The van der Waals surface area contributed by atoms with Crippen molar-refractivity contribution in [2.75, 3.05) is 13.2 Å². The summed E-state index contributed by atoms with van der Waals surface area (Å²) in [6.45, 7) is 5.40. The molecule has 0 spiro atoms.